The molecule has 0 aromatic heterocycles. The van der Waals surface area contributed by atoms with E-state index in [0.717, 1.165) is 16.8 Å². The Morgan fingerprint density at radius 2 is 1.77 bits per heavy atom. The summed E-state index contributed by atoms with van der Waals surface area (Å²) in [5, 5.41) is 2.86. The number of amidine groups is 1. The van der Waals surface area contributed by atoms with Crippen LogP contribution in [0.5, 0.6) is 11.5 Å². The summed E-state index contributed by atoms with van der Waals surface area (Å²) in [6.45, 7) is 2.41. The van der Waals surface area contributed by atoms with E-state index < -0.39 is 5.25 Å². The normalized spacial score (nSPS) is 16.4. The molecule has 0 spiro atoms. The van der Waals surface area contributed by atoms with Crippen molar-refractivity contribution < 1.29 is 19.1 Å². The SMILES string of the molecule is COc1ccc(NC(=O)CC2SC(=Nc3ccccc3)N(Cc3ccc(C)cc3)C2=O)c(OC)c1. The molecular weight excluding hydrogens is 462 g/mol. The minimum atomic E-state index is -0.577. The Morgan fingerprint density at radius 3 is 2.46 bits per heavy atom. The van der Waals surface area contributed by atoms with Gasteiger partial charge in [-0.15, -0.1) is 0 Å². The summed E-state index contributed by atoms with van der Waals surface area (Å²) in [6.07, 6.45) is 0.0108. The molecule has 3 aromatic carbocycles. The van der Waals surface area contributed by atoms with Gasteiger partial charge in [-0.3, -0.25) is 14.5 Å². The number of hydrogen-bond acceptors (Lipinski definition) is 6. The van der Waals surface area contributed by atoms with Crippen LogP contribution in [-0.2, 0) is 16.1 Å². The Hall–Kier alpha value is -3.78. The standard InChI is InChI=1S/C27H27N3O4S/c1-18-9-11-19(12-10-18)17-30-26(32)24(35-27(30)28-20-7-5-4-6-8-20)16-25(31)29-22-14-13-21(33-2)15-23(22)34-3/h4-15,24H,16-17H2,1-3H3,(H,29,31). The number of anilines is 1. The van der Waals surface area contributed by atoms with Crippen LogP contribution < -0.4 is 14.8 Å². The Balaban J connectivity index is 1.53. The fourth-order valence-electron chi connectivity index (χ4n) is 3.63. The number of aliphatic imine (C=N–C) groups is 1. The lowest BCUT2D eigenvalue weighted by molar-refractivity contribution is -0.128. The maximum Gasteiger partial charge on any atom is 0.242 e. The summed E-state index contributed by atoms with van der Waals surface area (Å²) < 4.78 is 10.6. The first-order chi connectivity index (χ1) is 17.0. The average molecular weight is 490 g/mol. The Morgan fingerprint density at radius 1 is 1.03 bits per heavy atom. The molecule has 1 unspecified atom stereocenters. The van der Waals surface area contributed by atoms with Crippen molar-refractivity contribution in [1.29, 1.82) is 0 Å². The third-order valence-corrected chi connectivity index (χ3v) is 6.69. The summed E-state index contributed by atoms with van der Waals surface area (Å²) in [6, 6.07) is 22.7. The molecule has 3 aromatic rings. The molecule has 0 bridgehead atoms. The number of nitrogens with zero attached hydrogens (tertiary/aromatic N) is 2. The zero-order valence-electron chi connectivity index (χ0n) is 19.9. The van der Waals surface area contributed by atoms with E-state index in [1.54, 1.807) is 30.2 Å². The van der Waals surface area contributed by atoms with Crippen molar-refractivity contribution in [3.63, 3.8) is 0 Å². The van der Waals surface area contributed by atoms with Gasteiger partial charge in [-0.05, 0) is 36.8 Å². The lowest BCUT2D eigenvalue weighted by Crippen LogP contribution is -2.33. The number of para-hydroxylation sites is 1. The number of thioether (sulfide) groups is 1. The van der Waals surface area contributed by atoms with Crippen LogP contribution in [0.25, 0.3) is 0 Å². The number of rotatable bonds is 8. The maximum atomic E-state index is 13.4. The van der Waals surface area contributed by atoms with Gasteiger partial charge in [-0.1, -0.05) is 59.8 Å². The molecule has 0 radical (unpaired) electrons. The van der Waals surface area contributed by atoms with Crippen LogP contribution in [0.2, 0.25) is 0 Å². The highest BCUT2D eigenvalue weighted by Crippen LogP contribution is 2.34. The molecular formula is C27H27N3O4S. The lowest BCUT2D eigenvalue weighted by atomic mass is 10.1. The van der Waals surface area contributed by atoms with Gasteiger partial charge in [-0.25, -0.2) is 4.99 Å². The maximum absolute atomic E-state index is 13.4. The summed E-state index contributed by atoms with van der Waals surface area (Å²) in [4.78, 5) is 32.6. The third-order valence-electron chi connectivity index (χ3n) is 5.52. The van der Waals surface area contributed by atoms with E-state index in [2.05, 4.69) is 5.32 Å². The zero-order chi connectivity index (χ0) is 24.8. The molecule has 4 rings (SSSR count). The Kier molecular flexibility index (Phi) is 7.72. The van der Waals surface area contributed by atoms with Gasteiger partial charge in [0.15, 0.2) is 5.17 Å². The molecule has 1 heterocycles. The van der Waals surface area contributed by atoms with E-state index in [1.807, 2.05) is 61.5 Å². The smallest absolute Gasteiger partial charge is 0.242 e. The van der Waals surface area contributed by atoms with Crippen molar-refractivity contribution in [2.24, 2.45) is 4.99 Å². The average Bonchev–Trinajstić information content (AvgIpc) is 3.14. The molecule has 8 heteroatoms. The van der Waals surface area contributed by atoms with Crippen molar-refractivity contribution in [3.05, 3.63) is 83.9 Å². The van der Waals surface area contributed by atoms with Crippen LogP contribution in [0.1, 0.15) is 17.5 Å². The fourth-order valence-corrected chi connectivity index (χ4v) is 4.79. The molecule has 1 atom stereocenters. The molecule has 1 fully saturated rings. The number of ether oxygens (including phenoxy) is 2. The van der Waals surface area contributed by atoms with Crippen molar-refractivity contribution in [3.8, 4) is 11.5 Å². The second-order valence-corrected chi connectivity index (χ2v) is 9.23. The van der Waals surface area contributed by atoms with E-state index in [1.165, 1.54) is 18.9 Å². The number of carbonyl (C=O) groups is 2. The summed E-state index contributed by atoms with van der Waals surface area (Å²) in [7, 11) is 3.09. The van der Waals surface area contributed by atoms with Gasteiger partial charge in [0.1, 0.15) is 16.7 Å². The molecule has 7 nitrogen and oxygen atoms in total. The number of carbonyl (C=O) groups excluding carboxylic acids is 2. The van der Waals surface area contributed by atoms with E-state index in [9.17, 15) is 9.59 Å². The summed E-state index contributed by atoms with van der Waals surface area (Å²) in [5.74, 6) is 0.683. The largest absolute Gasteiger partial charge is 0.497 e. The third kappa shape index (κ3) is 6.02. The summed E-state index contributed by atoms with van der Waals surface area (Å²) >= 11 is 1.31. The van der Waals surface area contributed by atoms with Crippen molar-refractivity contribution in [1.82, 2.24) is 4.90 Å². The van der Waals surface area contributed by atoms with Crippen LogP contribution in [0.4, 0.5) is 11.4 Å². The van der Waals surface area contributed by atoms with Gasteiger partial charge in [-0.2, -0.15) is 0 Å². The molecule has 1 saturated heterocycles. The minimum absolute atomic E-state index is 0.0108. The van der Waals surface area contributed by atoms with Gasteiger partial charge in [0.05, 0.1) is 32.1 Å². The number of methoxy groups -OCH3 is 2. The molecule has 0 aliphatic carbocycles. The predicted molar refractivity (Wildman–Crippen MR) is 139 cm³/mol. The minimum Gasteiger partial charge on any atom is -0.497 e. The second kappa shape index (κ2) is 11.1. The topological polar surface area (TPSA) is 80.2 Å². The quantitative estimate of drug-likeness (QED) is 0.472. The van der Waals surface area contributed by atoms with Crippen LogP contribution in [-0.4, -0.2) is 41.4 Å². The Bertz CT molecular complexity index is 1230. The molecule has 1 aliphatic heterocycles. The van der Waals surface area contributed by atoms with Gasteiger partial charge >= 0.3 is 0 Å². The highest BCUT2D eigenvalue weighted by Gasteiger charge is 2.39. The molecule has 180 valence electrons. The highest BCUT2D eigenvalue weighted by molar-refractivity contribution is 8.15. The van der Waals surface area contributed by atoms with Crippen molar-refractivity contribution in [2.75, 3.05) is 19.5 Å². The number of benzene rings is 3. The van der Waals surface area contributed by atoms with E-state index >= 15 is 0 Å². The summed E-state index contributed by atoms with van der Waals surface area (Å²) in [5.41, 5.74) is 3.42. The van der Waals surface area contributed by atoms with Gasteiger partial charge in [0.25, 0.3) is 0 Å². The number of amides is 2. The van der Waals surface area contributed by atoms with Gasteiger partial charge in [0, 0.05) is 12.5 Å². The first kappa shape index (κ1) is 24.3. The van der Waals surface area contributed by atoms with Crippen molar-refractivity contribution in [2.45, 2.75) is 25.1 Å². The lowest BCUT2D eigenvalue weighted by Gasteiger charge is -2.17. The number of hydrogen-bond donors (Lipinski definition) is 1. The Labute approximate surface area is 209 Å². The fraction of sp³-hybridized carbons (Fsp3) is 0.222. The molecule has 1 aliphatic rings. The second-order valence-electron chi connectivity index (χ2n) is 8.06. The van der Waals surface area contributed by atoms with Crippen LogP contribution in [0, 0.1) is 6.92 Å². The van der Waals surface area contributed by atoms with Crippen LogP contribution >= 0.6 is 11.8 Å². The van der Waals surface area contributed by atoms with E-state index in [4.69, 9.17) is 14.5 Å². The molecule has 35 heavy (non-hydrogen) atoms. The predicted octanol–water partition coefficient (Wildman–Crippen LogP) is 5.17. The molecule has 1 N–H and O–H groups in total. The molecule has 2 amide bonds. The molecule has 0 saturated carbocycles. The highest BCUT2D eigenvalue weighted by atomic mass is 32.2. The van der Waals surface area contributed by atoms with Crippen LogP contribution in [0.3, 0.4) is 0 Å². The first-order valence-electron chi connectivity index (χ1n) is 11.2. The van der Waals surface area contributed by atoms with Gasteiger partial charge in [0.2, 0.25) is 11.8 Å². The van der Waals surface area contributed by atoms with Crippen LogP contribution in [0.15, 0.2) is 77.8 Å². The van der Waals surface area contributed by atoms with Gasteiger partial charge < -0.3 is 14.8 Å². The first-order valence-corrected chi connectivity index (χ1v) is 12.0. The van der Waals surface area contributed by atoms with E-state index in [-0.39, 0.29) is 18.2 Å². The van der Waals surface area contributed by atoms with E-state index in [0.29, 0.717) is 28.9 Å². The number of aryl methyl sites for hydroxylation is 1. The number of nitrogens with one attached hydrogen (secondary N) is 1. The monoisotopic (exact) mass is 489 g/mol. The van der Waals surface area contributed by atoms with Crippen molar-refractivity contribution >= 4 is 40.1 Å². The zero-order valence-corrected chi connectivity index (χ0v) is 20.7.